The molecule has 0 radical (unpaired) electrons. The zero-order valence-corrected chi connectivity index (χ0v) is 18.4. The Morgan fingerprint density at radius 3 is 2.81 bits per heavy atom. The van der Waals surface area contributed by atoms with Gasteiger partial charge in [-0.25, -0.2) is 4.98 Å². The summed E-state index contributed by atoms with van der Waals surface area (Å²) in [4.78, 5) is 18.0. The molecule has 0 unspecified atom stereocenters. The lowest BCUT2D eigenvalue weighted by molar-refractivity contribution is -0.150. The van der Waals surface area contributed by atoms with Gasteiger partial charge in [-0.2, -0.15) is 0 Å². The molecule has 1 N–H and O–H groups in total. The molecule has 0 aliphatic carbocycles. The number of rotatable bonds is 8. The molecule has 0 spiro atoms. The van der Waals surface area contributed by atoms with Crippen molar-refractivity contribution in [2.24, 2.45) is 0 Å². The van der Waals surface area contributed by atoms with Crippen molar-refractivity contribution in [1.82, 2.24) is 9.88 Å². The molecule has 1 fully saturated rings. The Hall–Kier alpha value is -3.16. The highest BCUT2D eigenvalue weighted by atomic mass is 16.5. The third-order valence-electron chi connectivity index (χ3n) is 5.61. The van der Waals surface area contributed by atoms with Gasteiger partial charge in [0.05, 0.1) is 25.5 Å². The Labute approximate surface area is 187 Å². The third-order valence-corrected chi connectivity index (χ3v) is 5.61. The van der Waals surface area contributed by atoms with E-state index in [1.165, 1.54) is 5.56 Å². The molecule has 3 aromatic rings. The summed E-state index contributed by atoms with van der Waals surface area (Å²) in [5, 5.41) is 9.41. The quantitative estimate of drug-likeness (QED) is 0.574. The largest absolute Gasteiger partial charge is 0.493 e. The molecule has 7 heteroatoms. The van der Waals surface area contributed by atoms with Gasteiger partial charge >= 0.3 is 5.97 Å². The van der Waals surface area contributed by atoms with Gasteiger partial charge in [0.15, 0.2) is 0 Å². The van der Waals surface area contributed by atoms with Crippen molar-refractivity contribution < 1.29 is 23.8 Å². The lowest BCUT2D eigenvalue weighted by atomic mass is 10.1. The number of ether oxygens (including phenoxy) is 2. The maximum Gasteiger partial charge on any atom is 0.323 e. The first-order valence-electron chi connectivity index (χ1n) is 10.8. The summed E-state index contributed by atoms with van der Waals surface area (Å²) in [5.41, 5.74) is 4.05. The van der Waals surface area contributed by atoms with E-state index in [2.05, 4.69) is 4.98 Å². The number of morpholine rings is 1. The van der Waals surface area contributed by atoms with Gasteiger partial charge in [-0.1, -0.05) is 29.8 Å². The van der Waals surface area contributed by atoms with Crippen molar-refractivity contribution in [1.29, 1.82) is 0 Å². The Bertz CT molecular complexity index is 1060. The van der Waals surface area contributed by atoms with Gasteiger partial charge in [0.1, 0.15) is 17.6 Å². The number of aromatic nitrogens is 1. The number of aliphatic carboxylic acids is 1. The molecule has 0 amide bonds. The van der Waals surface area contributed by atoms with Crippen LogP contribution in [0.1, 0.15) is 22.6 Å². The monoisotopic (exact) mass is 436 g/mol. The van der Waals surface area contributed by atoms with E-state index in [1.807, 2.05) is 67.3 Å². The van der Waals surface area contributed by atoms with Crippen LogP contribution in [0.15, 0.2) is 52.9 Å². The molecule has 1 aromatic heterocycles. The topological polar surface area (TPSA) is 85.0 Å². The predicted molar refractivity (Wildman–Crippen MR) is 120 cm³/mol. The zero-order chi connectivity index (χ0) is 22.5. The van der Waals surface area contributed by atoms with E-state index >= 15 is 0 Å². The fraction of sp³-hybridized carbons (Fsp3) is 0.360. The van der Waals surface area contributed by atoms with Gasteiger partial charge in [-0.05, 0) is 43.7 Å². The molecule has 2 heterocycles. The molecule has 0 bridgehead atoms. The smallest absolute Gasteiger partial charge is 0.323 e. The van der Waals surface area contributed by atoms with Crippen LogP contribution < -0.4 is 4.74 Å². The number of carboxylic acids is 1. The van der Waals surface area contributed by atoms with Crippen LogP contribution in [0.25, 0.3) is 11.5 Å². The highest BCUT2D eigenvalue weighted by Crippen LogP contribution is 2.23. The second kappa shape index (κ2) is 9.97. The number of aryl methyl sites for hydroxylation is 2. The van der Waals surface area contributed by atoms with Crippen molar-refractivity contribution in [2.45, 2.75) is 32.9 Å². The Balaban J connectivity index is 1.35. The average molecular weight is 437 g/mol. The van der Waals surface area contributed by atoms with E-state index in [0.717, 1.165) is 28.3 Å². The summed E-state index contributed by atoms with van der Waals surface area (Å²) in [6, 6.07) is 15.3. The van der Waals surface area contributed by atoms with Gasteiger partial charge in [-0.3, -0.25) is 9.69 Å². The van der Waals surface area contributed by atoms with Crippen LogP contribution >= 0.6 is 0 Å². The van der Waals surface area contributed by atoms with E-state index in [-0.39, 0.29) is 6.61 Å². The van der Waals surface area contributed by atoms with Crippen LogP contribution in [-0.4, -0.2) is 53.4 Å². The Morgan fingerprint density at radius 2 is 2.03 bits per heavy atom. The molecule has 1 aliphatic heterocycles. The summed E-state index contributed by atoms with van der Waals surface area (Å²) in [7, 11) is 0. The number of carboxylic acid groups (broad SMARTS) is 1. The molecular weight excluding hydrogens is 408 g/mol. The van der Waals surface area contributed by atoms with Crippen molar-refractivity contribution in [2.75, 3.05) is 26.4 Å². The third kappa shape index (κ3) is 5.36. The number of hydrogen-bond donors (Lipinski definition) is 1. The van der Waals surface area contributed by atoms with E-state index in [4.69, 9.17) is 13.9 Å². The predicted octanol–water partition coefficient (Wildman–Crippen LogP) is 3.87. The zero-order valence-electron chi connectivity index (χ0n) is 18.4. The maximum atomic E-state index is 11.5. The van der Waals surface area contributed by atoms with E-state index in [9.17, 15) is 9.90 Å². The van der Waals surface area contributed by atoms with E-state index < -0.39 is 12.0 Å². The van der Waals surface area contributed by atoms with Crippen molar-refractivity contribution in [3.05, 3.63) is 71.1 Å². The fourth-order valence-electron chi connectivity index (χ4n) is 3.77. The van der Waals surface area contributed by atoms with Crippen LogP contribution in [0.4, 0.5) is 0 Å². The van der Waals surface area contributed by atoms with Gasteiger partial charge in [-0.15, -0.1) is 0 Å². The van der Waals surface area contributed by atoms with Gasteiger partial charge in [0, 0.05) is 25.1 Å². The standard InChI is InChI=1S/C25H28N2O5/c1-17-6-8-20(9-7-17)24-26-22(18(2)32-24)10-12-31-21-5-3-4-19(14-21)15-27-11-13-30-16-23(27)25(28)29/h3-9,14,23H,10-13,15-16H2,1-2H3,(H,28,29)/t23-/m0/s1. The average Bonchev–Trinajstić information content (AvgIpc) is 3.15. The molecule has 7 nitrogen and oxygen atoms in total. The lowest BCUT2D eigenvalue weighted by Crippen LogP contribution is -2.49. The van der Waals surface area contributed by atoms with Crippen LogP contribution in [0.3, 0.4) is 0 Å². The second-order valence-electron chi connectivity index (χ2n) is 8.03. The summed E-state index contributed by atoms with van der Waals surface area (Å²) < 4.78 is 17.1. The molecule has 0 saturated carbocycles. The minimum Gasteiger partial charge on any atom is -0.493 e. The van der Waals surface area contributed by atoms with Gasteiger partial charge < -0.3 is 19.0 Å². The Kier molecular flexibility index (Phi) is 6.87. The number of benzene rings is 2. The maximum absolute atomic E-state index is 11.5. The second-order valence-corrected chi connectivity index (χ2v) is 8.03. The van der Waals surface area contributed by atoms with Crippen molar-refractivity contribution in [3.63, 3.8) is 0 Å². The van der Waals surface area contributed by atoms with Crippen molar-refractivity contribution >= 4 is 5.97 Å². The highest BCUT2D eigenvalue weighted by Gasteiger charge is 2.29. The van der Waals surface area contributed by atoms with E-state index in [0.29, 0.717) is 38.6 Å². The SMILES string of the molecule is Cc1ccc(-c2nc(CCOc3cccc(CN4CCOC[C@H]4C(=O)O)c3)c(C)o2)cc1. The normalized spacial score (nSPS) is 16.8. The summed E-state index contributed by atoms with van der Waals surface area (Å²) in [6.07, 6.45) is 0.635. The van der Waals surface area contributed by atoms with Crippen molar-refractivity contribution in [3.8, 4) is 17.2 Å². The number of carbonyl (C=O) groups is 1. The lowest BCUT2D eigenvalue weighted by Gasteiger charge is -2.32. The highest BCUT2D eigenvalue weighted by molar-refractivity contribution is 5.73. The fourth-order valence-corrected chi connectivity index (χ4v) is 3.77. The van der Waals surface area contributed by atoms with Crippen LogP contribution in [0.2, 0.25) is 0 Å². The molecule has 1 aliphatic rings. The van der Waals surface area contributed by atoms with Gasteiger partial charge in [0.25, 0.3) is 0 Å². The van der Waals surface area contributed by atoms with Gasteiger partial charge in [0.2, 0.25) is 5.89 Å². The first-order valence-corrected chi connectivity index (χ1v) is 10.8. The number of nitrogens with zero attached hydrogens (tertiary/aromatic N) is 2. The van der Waals surface area contributed by atoms with Crippen LogP contribution in [0, 0.1) is 13.8 Å². The molecule has 2 aromatic carbocycles. The summed E-state index contributed by atoms with van der Waals surface area (Å²) in [6.45, 7) is 6.33. The summed E-state index contributed by atoms with van der Waals surface area (Å²) >= 11 is 0. The minimum absolute atomic E-state index is 0.215. The first kappa shape index (κ1) is 22.0. The number of oxazole rings is 1. The Morgan fingerprint density at radius 1 is 1.22 bits per heavy atom. The van der Waals surface area contributed by atoms with E-state index in [1.54, 1.807) is 0 Å². The molecule has 168 valence electrons. The first-order chi connectivity index (χ1) is 15.5. The molecule has 4 rings (SSSR count). The molecular formula is C25H28N2O5. The van der Waals surface area contributed by atoms with Crippen LogP contribution in [0.5, 0.6) is 5.75 Å². The number of hydrogen-bond acceptors (Lipinski definition) is 6. The molecule has 32 heavy (non-hydrogen) atoms. The molecule has 1 saturated heterocycles. The van der Waals surface area contributed by atoms with Crippen LogP contribution in [-0.2, 0) is 22.5 Å². The minimum atomic E-state index is -0.856. The molecule has 1 atom stereocenters. The summed E-state index contributed by atoms with van der Waals surface area (Å²) in [5.74, 6) is 1.32.